The predicted octanol–water partition coefficient (Wildman–Crippen LogP) is 4.62. The Morgan fingerprint density at radius 3 is 2.65 bits per heavy atom. The zero-order valence-electron chi connectivity index (χ0n) is 14.2. The molecule has 1 heterocycles. The predicted molar refractivity (Wildman–Crippen MR) is 99.5 cm³/mol. The van der Waals surface area contributed by atoms with E-state index >= 15 is 0 Å². The van der Waals surface area contributed by atoms with Crippen LogP contribution in [0.15, 0.2) is 66.9 Å². The van der Waals surface area contributed by atoms with Crippen LogP contribution in [0.2, 0.25) is 0 Å². The van der Waals surface area contributed by atoms with Gasteiger partial charge in [-0.3, -0.25) is 4.79 Å². The number of nitrogens with zero attached hydrogens (tertiary/aromatic N) is 1. The maximum atomic E-state index is 13.2. The molecule has 3 rings (SSSR count). The van der Waals surface area contributed by atoms with E-state index in [1.165, 1.54) is 18.2 Å². The number of nitrogens with one attached hydrogen (secondary N) is 2. The lowest BCUT2D eigenvalue weighted by Gasteiger charge is -2.12. The summed E-state index contributed by atoms with van der Waals surface area (Å²) in [6, 6.07) is 16.6. The zero-order valence-corrected chi connectivity index (χ0v) is 14.2. The Labute approximate surface area is 150 Å². The van der Waals surface area contributed by atoms with E-state index in [-0.39, 0.29) is 5.69 Å². The molecule has 0 saturated carbocycles. The summed E-state index contributed by atoms with van der Waals surface area (Å²) in [4.78, 5) is 16.4. The van der Waals surface area contributed by atoms with E-state index in [1.807, 2.05) is 31.2 Å². The summed E-state index contributed by atoms with van der Waals surface area (Å²) in [5.41, 5.74) is 2.15. The van der Waals surface area contributed by atoms with Gasteiger partial charge in [0, 0.05) is 5.69 Å². The molecule has 0 radical (unpaired) electrons. The van der Waals surface area contributed by atoms with Gasteiger partial charge in [0.15, 0.2) is 0 Å². The molecule has 5 nitrogen and oxygen atoms in total. The average molecular weight is 351 g/mol. The Kier molecular flexibility index (Phi) is 5.43. The van der Waals surface area contributed by atoms with Crippen molar-refractivity contribution in [3.8, 4) is 5.75 Å². The summed E-state index contributed by atoms with van der Waals surface area (Å²) >= 11 is 0. The Bertz CT molecular complexity index is 898. The van der Waals surface area contributed by atoms with Gasteiger partial charge in [-0.05, 0) is 49.4 Å². The molecule has 0 aliphatic heterocycles. The number of hydrogen-bond donors (Lipinski definition) is 2. The molecule has 1 amide bonds. The van der Waals surface area contributed by atoms with E-state index in [0.29, 0.717) is 12.3 Å². The number of carbonyl (C=O) groups excluding carboxylic acids is 1. The molecule has 0 fully saturated rings. The first-order valence-electron chi connectivity index (χ1n) is 8.17. The third kappa shape index (κ3) is 4.36. The monoisotopic (exact) mass is 351 g/mol. The molecule has 3 aromatic rings. The van der Waals surface area contributed by atoms with Crippen molar-refractivity contribution in [3.63, 3.8) is 0 Å². The Morgan fingerprint density at radius 2 is 1.92 bits per heavy atom. The quantitative estimate of drug-likeness (QED) is 0.680. The molecule has 1 aromatic heterocycles. The van der Waals surface area contributed by atoms with Crippen molar-refractivity contribution in [2.45, 2.75) is 6.92 Å². The van der Waals surface area contributed by atoms with Gasteiger partial charge in [-0.2, -0.15) is 0 Å². The number of ether oxygens (including phenoxy) is 1. The minimum absolute atomic E-state index is 0.234. The summed E-state index contributed by atoms with van der Waals surface area (Å²) < 4.78 is 18.8. The van der Waals surface area contributed by atoms with Crippen LogP contribution in [0.5, 0.6) is 5.75 Å². The van der Waals surface area contributed by atoms with Gasteiger partial charge in [0.25, 0.3) is 5.91 Å². The molecule has 0 bridgehead atoms. The number of hydrogen-bond acceptors (Lipinski definition) is 4. The highest BCUT2D eigenvalue weighted by atomic mass is 19.1. The molecule has 132 valence electrons. The first kappa shape index (κ1) is 17.4. The number of halogens is 1. The fourth-order valence-corrected chi connectivity index (χ4v) is 2.37. The molecule has 6 heteroatoms. The van der Waals surface area contributed by atoms with Crippen LogP contribution in [-0.4, -0.2) is 17.5 Å². The van der Waals surface area contributed by atoms with Crippen molar-refractivity contribution in [2.24, 2.45) is 0 Å². The van der Waals surface area contributed by atoms with Gasteiger partial charge in [-0.1, -0.05) is 18.2 Å². The summed E-state index contributed by atoms with van der Waals surface area (Å²) in [6.07, 6.45) is 1.56. The fourth-order valence-electron chi connectivity index (χ4n) is 2.37. The SMILES string of the molecule is CCOc1ccccc1Nc1ccc(C(=O)Nc2cccc(F)c2)nc1. The second kappa shape index (κ2) is 8.11. The van der Waals surface area contributed by atoms with E-state index < -0.39 is 11.7 Å². The number of pyridine rings is 1. The van der Waals surface area contributed by atoms with Crippen LogP contribution in [0.1, 0.15) is 17.4 Å². The lowest BCUT2D eigenvalue weighted by atomic mass is 10.2. The summed E-state index contributed by atoms with van der Waals surface area (Å²) in [5.74, 6) is -0.0805. The van der Waals surface area contributed by atoms with Gasteiger partial charge in [0.05, 0.1) is 24.2 Å². The lowest BCUT2D eigenvalue weighted by Crippen LogP contribution is -2.13. The first-order chi connectivity index (χ1) is 12.7. The van der Waals surface area contributed by atoms with E-state index in [2.05, 4.69) is 15.6 Å². The topological polar surface area (TPSA) is 63.2 Å². The Hall–Kier alpha value is -3.41. The Morgan fingerprint density at radius 1 is 1.08 bits per heavy atom. The molecule has 2 aromatic carbocycles. The highest BCUT2D eigenvalue weighted by molar-refractivity contribution is 6.02. The fraction of sp³-hybridized carbons (Fsp3) is 0.100. The van der Waals surface area contributed by atoms with Crippen LogP contribution in [0.25, 0.3) is 0 Å². The van der Waals surface area contributed by atoms with Crippen LogP contribution in [0, 0.1) is 5.82 Å². The van der Waals surface area contributed by atoms with Gasteiger partial charge < -0.3 is 15.4 Å². The Balaban J connectivity index is 1.69. The average Bonchev–Trinajstić information content (AvgIpc) is 2.64. The molecule has 0 unspecified atom stereocenters. The van der Waals surface area contributed by atoms with Crippen molar-refractivity contribution in [1.82, 2.24) is 4.98 Å². The maximum Gasteiger partial charge on any atom is 0.274 e. The van der Waals surface area contributed by atoms with Gasteiger partial charge in [0.2, 0.25) is 0 Å². The number of benzene rings is 2. The highest BCUT2D eigenvalue weighted by Crippen LogP contribution is 2.27. The smallest absolute Gasteiger partial charge is 0.274 e. The number of anilines is 3. The molecule has 0 saturated heterocycles. The van der Waals surface area contributed by atoms with Gasteiger partial charge in [-0.25, -0.2) is 9.37 Å². The molecule has 0 spiro atoms. The van der Waals surface area contributed by atoms with E-state index in [4.69, 9.17) is 4.74 Å². The van der Waals surface area contributed by atoms with Gasteiger partial charge in [-0.15, -0.1) is 0 Å². The molecule has 0 aliphatic carbocycles. The van der Waals surface area contributed by atoms with Gasteiger partial charge >= 0.3 is 0 Å². The van der Waals surface area contributed by atoms with Crippen LogP contribution < -0.4 is 15.4 Å². The lowest BCUT2D eigenvalue weighted by molar-refractivity contribution is 0.102. The summed E-state index contributed by atoms with van der Waals surface area (Å²) in [7, 11) is 0. The zero-order chi connectivity index (χ0) is 18.4. The molecule has 2 N–H and O–H groups in total. The van der Waals surface area contributed by atoms with E-state index in [9.17, 15) is 9.18 Å². The molecule has 0 atom stereocenters. The van der Waals surface area contributed by atoms with Crippen molar-refractivity contribution >= 4 is 23.0 Å². The molecule has 0 aliphatic rings. The number of rotatable bonds is 6. The van der Waals surface area contributed by atoms with Crippen molar-refractivity contribution in [2.75, 3.05) is 17.2 Å². The van der Waals surface area contributed by atoms with Crippen LogP contribution >= 0.6 is 0 Å². The third-order valence-corrected chi connectivity index (χ3v) is 3.54. The molecular formula is C20H18FN3O2. The van der Waals surface area contributed by atoms with E-state index in [1.54, 1.807) is 24.4 Å². The van der Waals surface area contributed by atoms with Crippen LogP contribution in [-0.2, 0) is 0 Å². The van der Waals surface area contributed by atoms with Crippen molar-refractivity contribution < 1.29 is 13.9 Å². The standard InChI is InChI=1S/C20H18FN3O2/c1-2-26-19-9-4-3-8-17(19)23-16-10-11-18(22-13-16)20(25)24-15-7-5-6-14(21)12-15/h3-13,23H,2H2,1H3,(H,24,25). The second-order valence-electron chi connectivity index (χ2n) is 5.45. The van der Waals surface area contributed by atoms with Crippen molar-refractivity contribution in [3.05, 3.63) is 78.4 Å². The van der Waals surface area contributed by atoms with Crippen molar-refractivity contribution in [1.29, 1.82) is 0 Å². The van der Waals surface area contributed by atoms with Crippen LogP contribution in [0.3, 0.4) is 0 Å². The molecular weight excluding hydrogens is 333 g/mol. The first-order valence-corrected chi connectivity index (χ1v) is 8.17. The normalized spacial score (nSPS) is 10.2. The summed E-state index contributed by atoms with van der Waals surface area (Å²) in [5, 5.41) is 5.82. The van der Waals surface area contributed by atoms with Gasteiger partial charge in [0.1, 0.15) is 17.3 Å². The number of amides is 1. The highest BCUT2D eigenvalue weighted by Gasteiger charge is 2.09. The molecule has 26 heavy (non-hydrogen) atoms. The number of carbonyl (C=O) groups is 1. The van der Waals surface area contributed by atoms with E-state index in [0.717, 1.165) is 17.1 Å². The minimum atomic E-state index is -0.414. The minimum Gasteiger partial charge on any atom is -0.492 e. The largest absolute Gasteiger partial charge is 0.492 e. The second-order valence-corrected chi connectivity index (χ2v) is 5.45. The summed E-state index contributed by atoms with van der Waals surface area (Å²) in [6.45, 7) is 2.49. The van der Waals surface area contributed by atoms with Crippen LogP contribution in [0.4, 0.5) is 21.5 Å². The number of para-hydroxylation sites is 2. The maximum absolute atomic E-state index is 13.2. The third-order valence-electron chi connectivity index (χ3n) is 3.54. The number of aromatic nitrogens is 1.